The molecule has 0 atom stereocenters. The van der Waals surface area contributed by atoms with Crippen molar-refractivity contribution in [1.29, 1.82) is 0 Å². The largest absolute Gasteiger partial charge is 0.325 e. The average molecular weight is 368 g/mol. The van der Waals surface area contributed by atoms with Gasteiger partial charge < -0.3 is 5.32 Å². The number of nitrogens with zero attached hydrogens (tertiary/aromatic N) is 2. The highest BCUT2D eigenvalue weighted by molar-refractivity contribution is 7.18. The van der Waals surface area contributed by atoms with Gasteiger partial charge in [-0.3, -0.25) is 9.69 Å². The summed E-state index contributed by atoms with van der Waals surface area (Å²) in [6, 6.07) is 16.2. The predicted octanol–water partition coefficient (Wildman–Crippen LogP) is 4.66. The SMILES string of the molecule is CN(CC(=O)Nc1ccc(C(C)(C)C)cc1)Cc1nc2ccccc2s1. The second kappa shape index (κ2) is 7.56. The maximum absolute atomic E-state index is 12.3. The number of rotatable bonds is 5. The number of nitrogens with one attached hydrogen (secondary N) is 1. The Kier molecular flexibility index (Phi) is 5.39. The van der Waals surface area contributed by atoms with Crippen molar-refractivity contribution in [3.8, 4) is 0 Å². The zero-order valence-electron chi connectivity index (χ0n) is 15.7. The fraction of sp³-hybridized carbons (Fsp3) is 0.333. The molecule has 0 aliphatic rings. The number of carbonyl (C=O) groups is 1. The topological polar surface area (TPSA) is 45.2 Å². The first kappa shape index (κ1) is 18.5. The fourth-order valence-electron chi connectivity index (χ4n) is 2.77. The Bertz CT molecular complexity index is 861. The van der Waals surface area contributed by atoms with Crippen molar-refractivity contribution in [3.05, 3.63) is 59.1 Å². The highest BCUT2D eigenvalue weighted by atomic mass is 32.1. The molecular formula is C21H25N3OS. The van der Waals surface area contributed by atoms with E-state index in [-0.39, 0.29) is 11.3 Å². The van der Waals surface area contributed by atoms with Gasteiger partial charge in [-0.15, -0.1) is 11.3 Å². The van der Waals surface area contributed by atoms with E-state index in [0.717, 1.165) is 16.2 Å². The van der Waals surface area contributed by atoms with Gasteiger partial charge in [0, 0.05) is 5.69 Å². The van der Waals surface area contributed by atoms with Crippen LogP contribution in [0.2, 0.25) is 0 Å². The van der Waals surface area contributed by atoms with Crippen LogP contribution in [0.1, 0.15) is 31.3 Å². The standard InChI is InChI=1S/C21H25N3OS/c1-21(2,3)15-9-11-16(12-10-15)22-19(25)13-24(4)14-20-23-17-7-5-6-8-18(17)26-20/h5-12H,13-14H2,1-4H3,(H,22,25). The molecule has 0 saturated carbocycles. The van der Waals surface area contributed by atoms with Crippen LogP contribution in [0.5, 0.6) is 0 Å². The third-order valence-corrected chi connectivity index (χ3v) is 5.21. The first-order valence-electron chi connectivity index (χ1n) is 8.75. The van der Waals surface area contributed by atoms with E-state index in [1.54, 1.807) is 11.3 Å². The maximum atomic E-state index is 12.3. The van der Waals surface area contributed by atoms with Crippen molar-refractivity contribution >= 4 is 33.1 Å². The molecule has 5 heteroatoms. The number of hydrogen-bond donors (Lipinski definition) is 1. The number of anilines is 1. The Morgan fingerprint density at radius 3 is 2.46 bits per heavy atom. The molecule has 3 aromatic rings. The number of para-hydroxylation sites is 1. The minimum absolute atomic E-state index is 0.0166. The van der Waals surface area contributed by atoms with Gasteiger partial charge in [0.2, 0.25) is 5.91 Å². The van der Waals surface area contributed by atoms with E-state index in [1.165, 1.54) is 10.3 Å². The van der Waals surface area contributed by atoms with Gasteiger partial charge in [-0.25, -0.2) is 4.98 Å². The summed E-state index contributed by atoms with van der Waals surface area (Å²) in [6.07, 6.45) is 0. The second-order valence-corrected chi connectivity index (χ2v) is 8.74. The molecule has 1 aromatic heterocycles. The predicted molar refractivity (Wildman–Crippen MR) is 110 cm³/mol. The fourth-order valence-corrected chi connectivity index (χ4v) is 3.82. The number of carbonyl (C=O) groups excluding carboxylic acids is 1. The van der Waals surface area contributed by atoms with Crippen LogP contribution in [0, 0.1) is 0 Å². The van der Waals surface area contributed by atoms with Gasteiger partial charge in [-0.05, 0) is 42.3 Å². The van der Waals surface area contributed by atoms with Crippen LogP contribution >= 0.6 is 11.3 Å². The number of likely N-dealkylation sites (N-methyl/N-ethyl adjacent to an activating group) is 1. The van der Waals surface area contributed by atoms with Gasteiger partial charge in [-0.2, -0.15) is 0 Å². The van der Waals surface area contributed by atoms with Gasteiger partial charge in [0.25, 0.3) is 0 Å². The molecule has 0 radical (unpaired) electrons. The molecule has 0 aliphatic heterocycles. The molecule has 0 unspecified atom stereocenters. The van der Waals surface area contributed by atoms with Crippen LogP contribution in [-0.4, -0.2) is 29.4 Å². The smallest absolute Gasteiger partial charge is 0.238 e. The molecule has 4 nitrogen and oxygen atoms in total. The van der Waals surface area contributed by atoms with E-state index in [1.807, 2.05) is 42.3 Å². The van der Waals surface area contributed by atoms with Gasteiger partial charge in [0.05, 0.1) is 23.3 Å². The Morgan fingerprint density at radius 2 is 1.81 bits per heavy atom. The Hall–Kier alpha value is -2.24. The van der Waals surface area contributed by atoms with Crippen LogP contribution in [0.25, 0.3) is 10.2 Å². The van der Waals surface area contributed by atoms with E-state index in [9.17, 15) is 4.79 Å². The van der Waals surface area contributed by atoms with E-state index in [0.29, 0.717) is 13.1 Å². The summed E-state index contributed by atoms with van der Waals surface area (Å²) in [7, 11) is 1.94. The van der Waals surface area contributed by atoms with Crippen LogP contribution in [-0.2, 0) is 16.8 Å². The van der Waals surface area contributed by atoms with Gasteiger partial charge >= 0.3 is 0 Å². The maximum Gasteiger partial charge on any atom is 0.238 e. The minimum atomic E-state index is -0.0166. The highest BCUT2D eigenvalue weighted by Crippen LogP contribution is 2.24. The zero-order valence-corrected chi connectivity index (χ0v) is 16.6. The van der Waals surface area contributed by atoms with Crippen LogP contribution < -0.4 is 5.32 Å². The van der Waals surface area contributed by atoms with Gasteiger partial charge in [-0.1, -0.05) is 45.0 Å². The monoisotopic (exact) mass is 367 g/mol. The van der Waals surface area contributed by atoms with Crippen molar-refractivity contribution < 1.29 is 4.79 Å². The van der Waals surface area contributed by atoms with Crippen molar-refractivity contribution in [2.45, 2.75) is 32.7 Å². The molecule has 136 valence electrons. The highest BCUT2D eigenvalue weighted by Gasteiger charge is 2.14. The van der Waals surface area contributed by atoms with Crippen LogP contribution in [0.15, 0.2) is 48.5 Å². The van der Waals surface area contributed by atoms with Gasteiger partial charge in [0.1, 0.15) is 5.01 Å². The number of amides is 1. The summed E-state index contributed by atoms with van der Waals surface area (Å²) < 4.78 is 1.18. The van der Waals surface area contributed by atoms with Crippen molar-refractivity contribution in [1.82, 2.24) is 9.88 Å². The molecule has 0 saturated heterocycles. The number of thiazole rings is 1. The molecule has 0 spiro atoms. The molecule has 1 amide bonds. The molecule has 1 heterocycles. The number of fused-ring (bicyclic) bond motifs is 1. The van der Waals surface area contributed by atoms with Gasteiger partial charge in [0.15, 0.2) is 0 Å². The summed E-state index contributed by atoms with van der Waals surface area (Å²) in [5.41, 5.74) is 3.21. The molecule has 2 aromatic carbocycles. The summed E-state index contributed by atoms with van der Waals surface area (Å²) >= 11 is 1.68. The van der Waals surface area contributed by atoms with E-state index < -0.39 is 0 Å². The third-order valence-electron chi connectivity index (χ3n) is 4.19. The lowest BCUT2D eigenvalue weighted by atomic mass is 9.87. The van der Waals surface area contributed by atoms with Crippen molar-refractivity contribution in [3.63, 3.8) is 0 Å². The summed E-state index contributed by atoms with van der Waals surface area (Å²) in [4.78, 5) is 18.9. The third kappa shape index (κ3) is 4.68. The lowest BCUT2D eigenvalue weighted by Gasteiger charge is -2.19. The first-order chi connectivity index (χ1) is 12.3. The molecule has 3 rings (SSSR count). The minimum Gasteiger partial charge on any atom is -0.325 e. The average Bonchev–Trinajstić information content (AvgIpc) is 2.96. The van der Waals surface area contributed by atoms with Crippen molar-refractivity contribution in [2.24, 2.45) is 0 Å². The number of benzene rings is 2. The number of aromatic nitrogens is 1. The lowest BCUT2D eigenvalue weighted by molar-refractivity contribution is -0.117. The Morgan fingerprint density at radius 1 is 1.12 bits per heavy atom. The zero-order chi connectivity index (χ0) is 18.7. The normalized spacial score (nSPS) is 11.9. The van der Waals surface area contributed by atoms with E-state index >= 15 is 0 Å². The molecule has 0 aliphatic carbocycles. The molecule has 26 heavy (non-hydrogen) atoms. The summed E-state index contributed by atoms with van der Waals surface area (Å²) in [5.74, 6) is -0.0166. The van der Waals surface area contributed by atoms with Crippen molar-refractivity contribution in [2.75, 3.05) is 18.9 Å². The Labute approximate surface area is 158 Å². The molecule has 1 N–H and O–H groups in total. The Balaban J connectivity index is 1.55. The second-order valence-electron chi connectivity index (χ2n) is 7.62. The summed E-state index contributed by atoms with van der Waals surface area (Å²) in [6.45, 7) is 7.53. The molecule has 0 fully saturated rings. The quantitative estimate of drug-likeness (QED) is 0.713. The molecular weight excluding hydrogens is 342 g/mol. The van der Waals surface area contributed by atoms with Crippen LogP contribution in [0.4, 0.5) is 5.69 Å². The molecule has 0 bridgehead atoms. The first-order valence-corrected chi connectivity index (χ1v) is 9.56. The van der Waals surface area contributed by atoms with E-state index in [2.05, 4.69) is 49.3 Å². The number of hydrogen-bond acceptors (Lipinski definition) is 4. The lowest BCUT2D eigenvalue weighted by Crippen LogP contribution is -2.29. The van der Waals surface area contributed by atoms with E-state index in [4.69, 9.17) is 0 Å². The van der Waals surface area contributed by atoms with Crippen LogP contribution in [0.3, 0.4) is 0 Å². The summed E-state index contributed by atoms with van der Waals surface area (Å²) in [5, 5.41) is 3.99.